The van der Waals surface area contributed by atoms with Crippen molar-refractivity contribution >= 4 is 11.8 Å². The number of nitrogens with two attached hydrogens (primary N) is 1. The fourth-order valence-corrected chi connectivity index (χ4v) is 1.41. The molecule has 1 aromatic heterocycles. The van der Waals surface area contributed by atoms with Crippen LogP contribution in [0.15, 0.2) is 0 Å². The van der Waals surface area contributed by atoms with Crippen molar-refractivity contribution in [2.75, 3.05) is 12.3 Å². The highest BCUT2D eigenvalue weighted by molar-refractivity contribution is 5.92. The molecule has 0 aromatic carbocycles. The van der Waals surface area contributed by atoms with Crippen molar-refractivity contribution in [1.82, 2.24) is 9.55 Å². The SMILES string of the molecule is CCOC(=O)c1nc(C)n(CC(F)(F)C(F)F)c1N. The lowest BCUT2D eigenvalue weighted by molar-refractivity contribution is -0.137. The maximum atomic E-state index is 13.0. The molecular weight excluding hydrogens is 270 g/mol. The van der Waals surface area contributed by atoms with Gasteiger partial charge in [-0.2, -0.15) is 8.78 Å². The molecule has 0 spiro atoms. The van der Waals surface area contributed by atoms with Gasteiger partial charge in [0.15, 0.2) is 5.69 Å². The van der Waals surface area contributed by atoms with Gasteiger partial charge in [-0.05, 0) is 13.8 Å². The van der Waals surface area contributed by atoms with E-state index < -0.39 is 30.7 Å². The largest absolute Gasteiger partial charge is 0.461 e. The number of esters is 1. The zero-order valence-electron chi connectivity index (χ0n) is 10.3. The van der Waals surface area contributed by atoms with Crippen LogP contribution in [0.3, 0.4) is 0 Å². The number of halogens is 4. The second-order valence-electron chi connectivity index (χ2n) is 3.76. The van der Waals surface area contributed by atoms with Crippen molar-refractivity contribution < 1.29 is 27.1 Å². The summed E-state index contributed by atoms with van der Waals surface area (Å²) in [6.07, 6.45) is -3.83. The summed E-state index contributed by atoms with van der Waals surface area (Å²) in [5.74, 6) is -5.63. The van der Waals surface area contributed by atoms with Crippen molar-refractivity contribution in [2.24, 2.45) is 0 Å². The van der Waals surface area contributed by atoms with Gasteiger partial charge in [0.05, 0.1) is 13.2 Å². The molecule has 19 heavy (non-hydrogen) atoms. The molecule has 0 saturated carbocycles. The molecular formula is C10H13F4N3O2. The molecule has 5 nitrogen and oxygen atoms in total. The summed E-state index contributed by atoms with van der Waals surface area (Å²) in [5, 5.41) is 0. The van der Waals surface area contributed by atoms with Crippen molar-refractivity contribution in [3.63, 3.8) is 0 Å². The Kier molecular flexibility index (Phi) is 4.38. The van der Waals surface area contributed by atoms with E-state index in [1.54, 1.807) is 6.92 Å². The maximum absolute atomic E-state index is 13.0. The van der Waals surface area contributed by atoms with Crippen molar-refractivity contribution in [3.05, 3.63) is 11.5 Å². The Balaban J connectivity index is 3.07. The van der Waals surface area contributed by atoms with Crippen LogP contribution in [0.4, 0.5) is 23.4 Å². The van der Waals surface area contributed by atoms with E-state index in [2.05, 4.69) is 9.72 Å². The van der Waals surface area contributed by atoms with E-state index in [1.807, 2.05) is 0 Å². The lowest BCUT2D eigenvalue weighted by Crippen LogP contribution is -2.33. The lowest BCUT2D eigenvalue weighted by atomic mass is 10.3. The van der Waals surface area contributed by atoms with Crippen molar-refractivity contribution in [1.29, 1.82) is 0 Å². The van der Waals surface area contributed by atoms with Gasteiger partial charge in [0.1, 0.15) is 11.6 Å². The molecule has 0 bridgehead atoms. The molecule has 1 rings (SSSR count). The smallest absolute Gasteiger partial charge is 0.360 e. The number of hydrogen-bond donors (Lipinski definition) is 1. The first-order valence-electron chi connectivity index (χ1n) is 5.36. The average Bonchev–Trinajstić information content (AvgIpc) is 2.57. The zero-order valence-corrected chi connectivity index (χ0v) is 10.3. The molecule has 108 valence electrons. The topological polar surface area (TPSA) is 70.1 Å². The zero-order chi connectivity index (χ0) is 14.8. The number of carbonyl (C=O) groups is 1. The van der Waals surface area contributed by atoms with E-state index >= 15 is 0 Å². The molecule has 0 amide bonds. The number of ether oxygens (including phenoxy) is 1. The van der Waals surface area contributed by atoms with Crippen LogP contribution in [-0.2, 0) is 11.3 Å². The van der Waals surface area contributed by atoms with Crippen LogP contribution in [0.2, 0.25) is 0 Å². The van der Waals surface area contributed by atoms with Crippen LogP contribution in [0.1, 0.15) is 23.2 Å². The van der Waals surface area contributed by atoms with E-state index in [4.69, 9.17) is 5.73 Å². The summed E-state index contributed by atoms with van der Waals surface area (Å²) < 4.78 is 55.5. The lowest BCUT2D eigenvalue weighted by Gasteiger charge is -2.17. The Morgan fingerprint density at radius 3 is 2.58 bits per heavy atom. The average molecular weight is 283 g/mol. The molecule has 0 aliphatic heterocycles. The summed E-state index contributed by atoms with van der Waals surface area (Å²) in [7, 11) is 0. The molecule has 0 atom stereocenters. The maximum Gasteiger partial charge on any atom is 0.360 e. The standard InChI is InChI=1S/C10H13F4N3O2/c1-3-19-8(18)6-7(15)17(5(2)16-6)4-10(13,14)9(11)12/h9H,3-4,15H2,1-2H3. The molecule has 2 N–H and O–H groups in total. The molecule has 0 fully saturated rings. The number of anilines is 1. The number of hydrogen-bond acceptors (Lipinski definition) is 4. The molecule has 0 aliphatic rings. The Morgan fingerprint density at radius 2 is 2.11 bits per heavy atom. The molecule has 1 heterocycles. The third-order valence-electron chi connectivity index (χ3n) is 2.35. The third kappa shape index (κ3) is 3.15. The Bertz CT molecular complexity index is 474. The number of rotatable bonds is 5. The Hall–Kier alpha value is -1.80. The minimum Gasteiger partial charge on any atom is -0.461 e. The van der Waals surface area contributed by atoms with Crippen LogP contribution >= 0.6 is 0 Å². The van der Waals surface area contributed by atoms with E-state index in [0.717, 1.165) is 0 Å². The van der Waals surface area contributed by atoms with Gasteiger partial charge in [-0.1, -0.05) is 0 Å². The fraction of sp³-hybridized carbons (Fsp3) is 0.600. The van der Waals surface area contributed by atoms with Gasteiger partial charge in [-0.15, -0.1) is 0 Å². The number of carbonyl (C=O) groups excluding carboxylic acids is 1. The van der Waals surface area contributed by atoms with Gasteiger partial charge in [0, 0.05) is 0 Å². The highest BCUT2D eigenvalue weighted by Crippen LogP contribution is 2.27. The van der Waals surface area contributed by atoms with Gasteiger partial charge in [-0.25, -0.2) is 18.6 Å². The van der Waals surface area contributed by atoms with Crippen LogP contribution in [0, 0.1) is 6.92 Å². The second-order valence-corrected chi connectivity index (χ2v) is 3.76. The first-order chi connectivity index (χ1) is 8.70. The summed E-state index contributed by atoms with van der Waals surface area (Å²) >= 11 is 0. The number of nitrogens with zero attached hydrogens (tertiary/aromatic N) is 2. The van der Waals surface area contributed by atoms with Crippen LogP contribution < -0.4 is 5.73 Å². The van der Waals surface area contributed by atoms with Crippen LogP contribution in [-0.4, -0.2) is 34.5 Å². The molecule has 9 heteroatoms. The minimum absolute atomic E-state index is 0.0530. The van der Waals surface area contributed by atoms with Gasteiger partial charge in [0.25, 0.3) is 0 Å². The number of imidazole rings is 1. The number of nitrogen functional groups attached to an aromatic ring is 1. The normalized spacial score (nSPS) is 11.9. The van der Waals surface area contributed by atoms with E-state index in [-0.39, 0.29) is 18.1 Å². The Labute approximate surface area is 106 Å². The van der Waals surface area contributed by atoms with Gasteiger partial charge >= 0.3 is 18.3 Å². The first-order valence-corrected chi connectivity index (χ1v) is 5.36. The molecule has 0 radical (unpaired) electrons. The van der Waals surface area contributed by atoms with Crippen molar-refractivity contribution in [2.45, 2.75) is 32.7 Å². The quantitative estimate of drug-likeness (QED) is 0.661. The minimum atomic E-state index is -4.26. The van der Waals surface area contributed by atoms with E-state index in [9.17, 15) is 22.4 Å². The summed E-state index contributed by atoms with van der Waals surface area (Å²) in [4.78, 5) is 15.1. The number of aryl methyl sites for hydroxylation is 1. The highest BCUT2D eigenvalue weighted by Gasteiger charge is 2.42. The molecule has 0 unspecified atom stereocenters. The third-order valence-corrected chi connectivity index (χ3v) is 2.35. The second kappa shape index (κ2) is 5.45. The monoisotopic (exact) mass is 283 g/mol. The van der Waals surface area contributed by atoms with Crippen LogP contribution in [0.25, 0.3) is 0 Å². The molecule has 0 aliphatic carbocycles. The highest BCUT2D eigenvalue weighted by atomic mass is 19.3. The number of aromatic nitrogens is 2. The predicted octanol–water partition coefficient (Wildman–Crippen LogP) is 1.85. The van der Waals surface area contributed by atoms with E-state index in [1.165, 1.54) is 6.92 Å². The van der Waals surface area contributed by atoms with E-state index in [0.29, 0.717) is 4.57 Å². The summed E-state index contributed by atoms with van der Waals surface area (Å²) in [5.41, 5.74) is 5.11. The predicted molar refractivity (Wildman–Crippen MR) is 58.3 cm³/mol. The fourth-order valence-electron chi connectivity index (χ4n) is 1.41. The van der Waals surface area contributed by atoms with Gasteiger partial charge in [0.2, 0.25) is 0 Å². The van der Waals surface area contributed by atoms with Gasteiger partial charge < -0.3 is 15.0 Å². The van der Waals surface area contributed by atoms with Gasteiger partial charge in [-0.3, -0.25) is 0 Å². The first kappa shape index (κ1) is 15.3. The number of alkyl halides is 4. The molecule has 1 aromatic rings. The van der Waals surface area contributed by atoms with Crippen LogP contribution in [0.5, 0.6) is 0 Å². The Morgan fingerprint density at radius 1 is 1.53 bits per heavy atom. The summed E-state index contributed by atoms with van der Waals surface area (Å²) in [6, 6.07) is 0. The van der Waals surface area contributed by atoms with Crippen molar-refractivity contribution in [3.8, 4) is 0 Å². The summed E-state index contributed by atoms with van der Waals surface area (Å²) in [6.45, 7) is 1.52. The molecule has 0 saturated heterocycles.